The Morgan fingerprint density at radius 2 is 1.87 bits per heavy atom. The van der Waals surface area contributed by atoms with Crippen molar-refractivity contribution in [2.45, 2.75) is 31.7 Å². The Labute approximate surface area is 136 Å². The molecule has 0 amide bonds. The van der Waals surface area contributed by atoms with Gasteiger partial charge in [0.05, 0.1) is 13.0 Å². The van der Waals surface area contributed by atoms with Gasteiger partial charge in [-0.2, -0.15) is 0 Å². The number of benzene rings is 1. The van der Waals surface area contributed by atoms with Crippen molar-refractivity contribution >= 4 is 5.97 Å². The van der Waals surface area contributed by atoms with E-state index >= 15 is 0 Å². The second-order valence-corrected chi connectivity index (χ2v) is 7.37. The molecule has 0 heterocycles. The number of nitrogens with one attached hydrogen (secondary N) is 1. The number of halogens is 1. The van der Waals surface area contributed by atoms with Crippen LogP contribution in [-0.2, 0) is 16.0 Å². The highest BCUT2D eigenvalue weighted by molar-refractivity contribution is 5.74. The molecule has 0 saturated heterocycles. The number of hydrogen-bond acceptors (Lipinski definition) is 3. The van der Waals surface area contributed by atoms with Gasteiger partial charge in [0, 0.05) is 6.04 Å². The summed E-state index contributed by atoms with van der Waals surface area (Å²) in [6.45, 7) is 0.824. The first kappa shape index (κ1) is 15.1. The third-order valence-electron chi connectivity index (χ3n) is 6.31. The van der Waals surface area contributed by atoms with E-state index in [2.05, 4.69) is 5.32 Å². The molecule has 1 aromatic rings. The maximum Gasteiger partial charge on any atom is 0.310 e. The van der Waals surface area contributed by atoms with Crippen LogP contribution in [0.15, 0.2) is 24.3 Å². The molecule has 5 rings (SSSR count). The van der Waals surface area contributed by atoms with Crippen LogP contribution < -0.4 is 5.32 Å². The summed E-state index contributed by atoms with van der Waals surface area (Å²) in [5.41, 5.74) is 1.12. The van der Waals surface area contributed by atoms with E-state index in [0.717, 1.165) is 30.4 Å². The zero-order chi connectivity index (χ0) is 16.0. The van der Waals surface area contributed by atoms with E-state index in [-0.39, 0.29) is 23.7 Å². The first-order valence-electron chi connectivity index (χ1n) is 8.74. The number of hydrogen-bond donors (Lipinski definition) is 1. The monoisotopic (exact) mass is 317 g/mol. The minimum atomic E-state index is -0.197. The summed E-state index contributed by atoms with van der Waals surface area (Å²) in [4.78, 5) is 12.3. The van der Waals surface area contributed by atoms with E-state index in [4.69, 9.17) is 4.74 Å². The van der Waals surface area contributed by atoms with Crippen molar-refractivity contribution in [2.75, 3.05) is 13.7 Å². The predicted molar refractivity (Wildman–Crippen MR) is 85.2 cm³/mol. The SMILES string of the molecule is COC(=O)[C@H]1[C@H]2CC[C@H]([C@@H]3C[C@@H]32)[C@H]1NCCc1ccc(F)cc1. The minimum absolute atomic E-state index is 0.0238. The molecule has 3 nitrogen and oxygen atoms in total. The van der Waals surface area contributed by atoms with Crippen LogP contribution in [0, 0.1) is 35.4 Å². The van der Waals surface area contributed by atoms with Crippen molar-refractivity contribution in [1.82, 2.24) is 5.32 Å². The lowest BCUT2D eigenvalue weighted by Gasteiger charge is -2.47. The fourth-order valence-electron chi connectivity index (χ4n) is 5.23. The van der Waals surface area contributed by atoms with E-state index in [0.29, 0.717) is 11.8 Å². The highest BCUT2D eigenvalue weighted by Crippen LogP contribution is 2.64. The summed E-state index contributed by atoms with van der Waals surface area (Å²) in [6, 6.07) is 6.93. The van der Waals surface area contributed by atoms with Gasteiger partial charge < -0.3 is 10.1 Å². The van der Waals surface area contributed by atoms with Crippen molar-refractivity contribution in [2.24, 2.45) is 29.6 Å². The second-order valence-electron chi connectivity index (χ2n) is 7.37. The molecule has 0 aliphatic heterocycles. The van der Waals surface area contributed by atoms with Crippen molar-refractivity contribution in [3.05, 3.63) is 35.6 Å². The zero-order valence-corrected chi connectivity index (χ0v) is 13.5. The lowest BCUT2D eigenvalue weighted by atomic mass is 9.61. The molecular weight excluding hydrogens is 293 g/mol. The average Bonchev–Trinajstić information content (AvgIpc) is 3.38. The van der Waals surface area contributed by atoms with Crippen LogP contribution in [0.4, 0.5) is 4.39 Å². The Kier molecular flexibility index (Phi) is 3.88. The van der Waals surface area contributed by atoms with Gasteiger partial charge in [0.15, 0.2) is 0 Å². The quantitative estimate of drug-likeness (QED) is 0.849. The van der Waals surface area contributed by atoms with Crippen LogP contribution in [0.5, 0.6) is 0 Å². The lowest BCUT2D eigenvalue weighted by molar-refractivity contribution is -0.154. The van der Waals surface area contributed by atoms with Crippen molar-refractivity contribution < 1.29 is 13.9 Å². The number of rotatable bonds is 5. The minimum Gasteiger partial charge on any atom is -0.469 e. The number of ether oxygens (including phenoxy) is 1. The van der Waals surface area contributed by atoms with Crippen LogP contribution in [0.1, 0.15) is 24.8 Å². The molecule has 4 aliphatic carbocycles. The summed E-state index contributed by atoms with van der Waals surface area (Å²) >= 11 is 0. The first-order valence-corrected chi connectivity index (χ1v) is 8.74. The second kappa shape index (κ2) is 5.90. The third-order valence-corrected chi connectivity index (χ3v) is 6.31. The molecule has 4 saturated carbocycles. The average molecular weight is 317 g/mol. The number of fused-ring (bicyclic) bond motifs is 2. The molecule has 0 aromatic heterocycles. The Bertz CT molecular complexity index is 588. The normalized spacial score (nSPS) is 37.3. The van der Waals surface area contributed by atoms with Gasteiger partial charge in [-0.1, -0.05) is 12.1 Å². The van der Waals surface area contributed by atoms with Gasteiger partial charge in [0.25, 0.3) is 0 Å². The highest BCUT2D eigenvalue weighted by atomic mass is 19.1. The van der Waals surface area contributed by atoms with Crippen molar-refractivity contribution in [3.63, 3.8) is 0 Å². The van der Waals surface area contributed by atoms with Crippen molar-refractivity contribution in [3.8, 4) is 0 Å². The smallest absolute Gasteiger partial charge is 0.310 e. The summed E-state index contributed by atoms with van der Waals surface area (Å²) in [7, 11) is 1.50. The molecule has 2 bridgehead atoms. The van der Waals surface area contributed by atoms with E-state index in [1.807, 2.05) is 12.1 Å². The van der Waals surface area contributed by atoms with Gasteiger partial charge in [-0.3, -0.25) is 4.79 Å². The van der Waals surface area contributed by atoms with Gasteiger partial charge in [0.1, 0.15) is 5.82 Å². The van der Waals surface area contributed by atoms with Gasteiger partial charge in [-0.25, -0.2) is 4.39 Å². The molecule has 6 atom stereocenters. The van der Waals surface area contributed by atoms with Crippen LogP contribution in [-0.4, -0.2) is 25.7 Å². The molecular formula is C19H24FNO2. The summed E-state index contributed by atoms with van der Waals surface area (Å²) < 4.78 is 18.1. The Balaban J connectivity index is 1.42. The lowest BCUT2D eigenvalue weighted by Crippen LogP contribution is -2.56. The van der Waals surface area contributed by atoms with E-state index in [1.165, 1.54) is 38.5 Å². The van der Waals surface area contributed by atoms with Gasteiger partial charge in [-0.05, 0) is 73.6 Å². The fourth-order valence-corrected chi connectivity index (χ4v) is 5.23. The molecule has 4 heteroatoms. The molecule has 0 radical (unpaired) electrons. The van der Waals surface area contributed by atoms with Crippen LogP contribution in [0.2, 0.25) is 0 Å². The molecule has 124 valence electrons. The molecule has 1 N–H and O–H groups in total. The van der Waals surface area contributed by atoms with Gasteiger partial charge in [0.2, 0.25) is 0 Å². The van der Waals surface area contributed by atoms with Gasteiger partial charge >= 0.3 is 5.97 Å². The molecule has 23 heavy (non-hydrogen) atoms. The Morgan fingerprint density at radius 1 is 1.17 bits per heavy atom. The fraction of sp³-hybridized carbons (Fsp3) is 0.632. The number of esters is 1. The molecule has 4 aliphatic rings. The molecule has 1 aromatic carbocycles. The van der Waals surface area contributed by atoms with E-state index < -0.39 is 0 Å². The standard InChI is InChI=1S/C19H24FNO2/c1-23-19(22)17-13-6-7-14(16-10-15(13)16)18(17)21-9-8-11-2-4-12(20)5-3-11/h2-5,13-18,21H,6-10H2,1H3/t13-,14+,15+,16-,17-,18+/m0/s1. The summed E-state index contributed by atoms with van der Waals surface area (Å²) in [6.07, 6.45) is 4.59. The summed E-state index contributed by atoms with van der Waals surface area (Å²) in [5.74, 6) is 2.53. The summed E-state index contributed by atoms with van der Waals surface area (Å²) in [5, 5.41) is 3.64. The largest absolute Gasteiger partial charge is 0.469 e. The molecule has 0 spiro atoms. The van der Waals surface area contributed by atoms with Gasteiger partial charge in [-0.15, -0.1) is 0 Å². The van der Waals surface area contributed by atoms with Crippen LogP contribution in [0.25, 0.3) is 0 Å². The number of carbonyl (C=O) groups excluding carboxylic acids is 1. The molecule has 0 unspecified atom stereocenters. The van der Waals surface area contributed by atoms with Crippen LogP contribution >= 0.6 is 0 Å². The Morgan fingerprint density at radius 3 is 2.61 bits per heavy atom. The molecule has 4 fully saturated rings. The van der Waals surface area contributed by atoms with Crippen LogP contribution in [0.3, 0.4) is 0 Å². The topological polar surface area (TPSA) is 38.3 Å². The van der Waals surface area contributed by atoms with E-state index in [9.17, 15) is 9.18 Å². The predicted octanol–water partition coefficient (Wildman–Crippen LogP) is 2.79. The highest BCUT2D eigenvalue weighted by Gasteiger charge is 2.63. The maximum absolute atomic E-state index is 13.0. The number of methoxy groups -OCH3 is 1. The van der Waals surface area contributed by atoms with Crippen molar-refractivity contribution in [1.29, 1.82) is 0 Å². The van der Waals surface area contributed by atoms with E-state index in [1.54, 1.807) is 0 Å². The first-order chi connectivity index (χ1) is 11.2. The number of carbonyl (C=O) groups is 1. The Hall–Kier alpha value is -1.42. The zero-order valence-electron chi connectivity index (χ0n) is 13.5. The maximum atomic E-state index is 13.0. The third kappa shape index (κ3) is 2.67.